The third-order valence-corrected chi connectivity index (χ3v) is 8.72. The van der Waals surface area contributed by atoms with Crippen LogP contribution < -0.4 is 4.72 Å². The summed E-state index contributed by atoms with van der Waals surface area (Å²) >= 11 is 0.892. The molecule has 4 rings (SSSR count). The Kier molecular flexibility index (Phi) is 4.72. The Hall–Kier alpha value is -2.75. The molecule has 3 N–H and O–H groups in total. The van der Waals surface area contributed by atoms with Gasteiger partial charge in [-0.25, -0.2) is 12.8 Å². The highest BCUT2D eigenvalue weighted by molar-refractivity contribution is 7.91. The van der Waals surface area contributed by atoms with E-state index in [9.17, 15) is 27.8 Å². The van der Waals surface area contributed by atoms with E-state index in [0.717, 1.165) is 23.0 Å². The zero-order valence-corrected chi connectivity index (χ0v) is 17.4. The van der Waals surface area contributed by atoms with Gasteiger partial charge in [-0.1, -0.05) is 37.3 Å². The Labute approximate surface area is 176 Å². The van der Waals surface area contributed by atoms with Crippen molar-refractivity contribution in [2.45, 2.75) is 28.5 Å². The van der Waals surface area contributed by atoms with E-state index in [4.69, 9.17) is 0 Å². The number of phenols is 1. The van der Waals surface area contributed by atoms with Crippen LogP contribution in [-0.2, 0) is 20.2 Å². The van der Waals surface area contributed by atoms with Crippen LogP contribution in [0.3, 0.4) is 0 Å². The van der Waals surface area contributed by atoms with Crippen LogP contribution in [0.5, 0.6) is 5.75 Å². The van der Waals surface area contributed by atoms with Gasteiger partial charge in [0.2, 0.25) is 0 Å². The minimum absolute atomic E-state index is 0.0751. The normalized spacial score (nSPS) is 23.3. The molecule has 3 aromatic rings. The van der Waals surface area contributed by atoms with Gasteiger partial charge >= 0.3 is 5.97 Å². The minimum Gasteiger partial charge on any atom is -0.505 e. The van der Waals surface area contributed by atoms with Crippen molar-refractivity contribution in [2.75, 3.05) is 0 Å². The largest absolute Gasteiger partial charge is 0.505 e. The summed E-state index contributed by atoms with van der Waals surface area (Å²) in [5.41, 5.74) is -1.39. The monoisotopic (exact) mass is 447 g/mol. The maximum atomic E-state index is 13.6. The molecule has 0 saturated heterocycles. The highest BCUT2D eigenvalue weighted by Crippen LogP contribution is 2.58. The molecular weight excluding hydrogens is 429 g/mol. The number of sulfonamides is 1. The van der Waals surface area contributed by atoms with E-state index in [-0.39, 0.29) is 10.6 Å². The number of aliphatic carboxylic acids is 1. The highest BCUT2D eigenvalue weighted by Gasteiger charge is 2.72. The number of hydrogen-bond donors (Lipinski definition) is 3. The Morgan fingerprint density at radius 3 is 2.47 bits per heavy atom. The van der Waals surface area contributed by atoms with Crippen molar-refractivity contribution in [1.29, 1.82) is 0 Å². The molecule has 6 nitrogen and oxygen atoms in total. The molecule has 1 saturated carbocycles. The number of carboxylic acids is 1. The topological polar surface area (TPSA) is 104 Å². The van der Waals surface area contributed by atoms with Crippen molar-refractivity contribution in [1.82, 2.24) is 4.72 Å². The average Bonchev–Trinajstić information content (AvgIpc) is 3.07. The maximum absolute atomic E-state index is 13.6. The van der Waals surface area contributed by atoms with E-state index >= 15 is 0 Å². The third kappa shape index (κ3) is 3.19. The van der Waals surface area contributed by atoms with Gasteiger partial charge in [-0.15, -0.1) is 11.3 Å². The van der Waals surface area contributed by atoms with Crippen molar-refractivity contribution in [3.63, 3.8) is 0 Å². The van der Waals surface area contributed by atoms with Crippen LogP contribution in [0.4, 0.5) is 4.39 Å². The van der Waals surface area contributed by atoms with E-state index < -0.39 is 38.5 Å². The zero-order chi connectivity index (χ0) is 21.7. The van der Waals surface area contributed by atoms with E-state index in [1.54, 1.807) is 37.3 Å². The van der Waals surface area contributed by atoms with Crippen LogP contribution in [0.25, 0.3) is 10.4 Å². The molecule has 30 heavy (non-hydrogen) atoms. The summed E-state index contributed by atoms with van der Waals surface area (Å²) in [5, 5.41) is 19.2. The summed E-state index contributed by atoms with van der Waals surface area (Å²) in [5.74, 6) is -2.55. The molecule has 0 aliphatic heterocycles. The van der Waals surface area contributed by atoms with Crippen LogP contribution >= 0.6 is 11.3 Å². The first-order valence-corrected chi connectivity index (χ1v) is 11.3. The van der Waals surface area contributed by atoms with Crippen molar-refractivity contribution in [2.24, 2.45) is 0 Å². The van der Waals surface area contributed by atoms with Crippen molar-refractivity contribution in [3.05, 3.63) is 72.0 Å². The average molecular weight is 448 g/mol. The van der Waals surface area contributed by atoms with Gasteiger partial charge in [-0.3, -0.25) is 4.79 Å². The molecule has 9 heteroatoms. The van der Waals surface area contributed by atoms with E-state index in [1.807, 2.05) is 0 Å². The lowest BCUT2D eigenvalue weighted by atomic mass is 9.93. The molecule has 0 amide bonds. The summed E-state index contributed by atoms with van der Waals surface area (Å²) in [6.45, 7) is 1.72. The number of carboxylic acid groups (broad SMARTS) is 1. The highest BCUT2D eigenvalue weighted by atomic mass is 32.2. The number of rotatable bonds is 6. The smallest absolute Gasteiger partial charge is 0.325 e. The van der Waals surface area contributed by atoms with Gasteiger partial charge in [0.15, 0.2) is 11.6 Å². The fourth-order valence-corrected chi connectivity index (χ4v) is 6.46. The first-order chi connectivity index (χ1) is 14.1. The Bertz CT molecular complexity index is 1240. The van der Waals surface area contributed by atoms with Gasteiger partial charge in [0, 0.05) is 10.3 Å². The zero-order valence-electron chi connectivity index (χ0n) is 15.8. The second-order valence-corrected chi connectivity index (χ2v) is 10.5. The molecule has 0 radical (unpaired) electrons. The van der Waals surface area contributed by atoms with Gasteiger partial charge < -0.3 is 10.2 Å². The first kappa shape index (κ1) is 20.5. The molecule has 1 heterocycles. The lowest BCUT2D eigenvalue weighted by Gasteiger charge is -2.20. The molecule has 2 atom stereocenters. The molecule has 1 aliphatic rings. The summed E-state index contributed by atoms with van der Waals surface area (Å²) in [6.07, 6.45) is 0.125. The first-order valence-electron chi connectivity index (χ1n) is 9.01. The lowest BCUT2D eigenvalue weighted by molar-refractivity contribution is -0.140. The molecule has 2 aromatic carbocycles. The van der Waals surface area contributed by atoms with Gasteiger partial charge in [-0.2, -0.15) is 4.72 Å². The molecule has 1 aromatic heterocycles. The fourth-order valence-electron chi connectivity index (χ4n) is 3.70. The van der Waals surface area contributed by atoms with Crippen LogP contribution in [0, 0.1) is 5.82 Å². The fraction of sp³-hybridized carbons (Fsp3) is 0.190. The van der Waals surface area contributed by atoms with Crippen LogP contribution in [0.1, 0.15) is 18.9 Å². The summed E-state index contributed by atoms with van der Waals surface area (Å²) < 4.78 is 42.0. The molecule has 0 bridgehead atoms. The summed E-state index contributed by atoms with van der Waals surface area (Å²) in [7, 11) is -4.14. The summed E-state index contributed by atoms with van der Waals surface area (Å²) in [6, 6.07) is 15.6. The van der Waals surface area contributed by atoms with E-state index in [1.165, 1.54) is 24.3 Å². The van der Waals surface area contributed by atoms with Crippen molar-refractivity contribution >= 4 is 27.3 Å². The standard InChI is InChI=1S/C21H18FNO5S2/c1-20(14-5-3-2-4-6-14)12-21(20,19(25)26)23-30(27,28)18-10-9-17(29-18)13-7-8-16(24)15(22)11-13/h2-11,23-24H,12H2,1H3,(H,25,26)/t20?,21-/m1/s1. The predicted octanol–water partition coefficient (Wildman–Crippen LogP) is 3.72. The van der Waals surface area contributed by atoms with Gasteiger partial charge in [0.25, 0.3) is 10.0 Å². The number of phenolic OH excluding ortho intramolecular Hbond substituents is 1. The molecule has 1 fully saturated rings. The second kappa shape index (κ2) is 6.90. The number of nitrogens with one attached hydrogen (secondary N) is 1. The predicted molar refractivity (Wildman–Crippen MR) is 110 cm³/mol. The minimum atomic E-state index is -4.14. The molecule has 156 valence electrons. The SMILES string of the molecule is CC1(c2ccccc2)C[C@@]1(NS(=O)(=O)c1ccc(-c2ccc(O)c(F)c2)s1)C(=O)O. The van der Waals surface area contributed by atoms with Gasteiger partial charge in [-0.05, 0) is 47.9 Å². The number of halogens is 1. The Balaban J connectivity index is 1.65. The Morgan fingerprint density at radius 1 is 1.13 bits per heavy atom. The lowest BCUT2D eigenvalue weighted by Crippen LogP contribution is -2.47. The molecule has 0 spiro atoms. The van der Waals surface area contributed by atoms with Crippen LogP contribution in [-0.4, -0.2) is 30.1 Å². The van der Waals surface area contributed by atoms with E-state index in [0.29, 0.717) is 10.4 Å². The number of benzene rings is 2. The van der Waals surface area contributed by atoms with Crippen LogP contribution in [0.2, 0.25) is 0 Å². The molecule has 1 aliphatic carbocycles. The summed E-state index contributed by atoms with van der Waals surface area (Å²) in [4.78, 5) is 12.6. The third-order valence-electron chi connectivity index (χ3n) is 5.60. The second-order valence-electron chi connectivity index (χ2n) is 7.48. The Morgan fingerprint density at radius 2 is 1.83 bits per heavy atom. The van der Waals surface area contributed by atoms with Crippen molar-refractivity contribution in [3.8, 4) is 16.2 Å². The molecule has 1 unspecified atom stereocenters. The van der Waals surface area contributed by atoms with Crippen LogP contribution in [0.15, 0.2) is 64.9 Å². The number of aromatic hydroxyl groups is 1. The van der Waals surface area contributed by atoms with Crippen molar-refractivity contribution < 1.29 is 27.8 Å². The maximum Gasteiger partial charge on any atom is 0.325 e. The van der Waals surface area contributed by atoms with E-state index in [2.05, 4.69) is 4.72 Å². The number of carbonyl (C=O) groups is 1. The molecular formula is C21H18FNO5S2. The quantitative estimate of drug-likeness (QED) is 0.534. The number of thiophene rings is 1. The van der Waals surface area contributed by atoms with Gasteiger partial charge in [0.1, 0.15) is 9.75 Å². The van der Waals surface area contributed by atoms with Gasteiger partial charge in [0.05, 0.1) is 0 Å². The number of hydrogen-bond acceptors (Lipinski definition) is 5.